The van der Waals surface area contributed by atoms with Crippen LogP contribution in [0.15, 0.2) is 224 Å². The van der Waals surface area contributed by atoms with Crippen LogP contribution in [0.5, 0.6) is 0 Å². The Bertz CT molecular complexity index is 2940. The topological polar surface area (TPSA) is 3.24 Å². The molecule has 0 heterocycles. The van der Waals surface area contributed by atoms with E-state index < -0.39 is 0 Å². The van der Waals surface area contributed by atoms with Gasteiger partial charge in [-0.05, 0) is 108 Å². The van der Waals surface area contributed by atoms with Gasteiger partial charge in [-0.2, -0.15) is 0 Å². The molecule has 1 nitrogen and oxygen atoms in total. The molecule has 0 bridgehead atoms. The Labute approximate surface area is 322 Å². The Kier molecular flexibility index (Phi) is 8.24. The molecular formula is C54H37N. The van der Waals surface area contributed by atoms with E-state index in [0.29, 0.717) is 0 Å². The molecule has 0 aliphatic heterocycles. The zero-order valence-electron chi connectivity index (χ0n) is 30.3. The Hall–Kier alpha value is -7.22. The molecule has 0 saturated heterocycles. The molecule has 0 unspecified atom stereocenters. The van der Waals surface area contributed by atoms with E-state index in [1.54, 1.807) is 0 Å². The maximum Gasteiger partial charge on any atom is 0.0546 e. The van der Waals surface area contributed by atoms with Crippen LogP contribution in [0.2, 0.25) is 0 Å². The Morgan fingerprint density at radius 3 is 1.44 bits per heavy atom. The van der Waals surface area contributed by atoms with Gasteiger partial charge in [0.15, 0.2) is 0 Å². The summed E-state index contributed by atoms with van der Waals surface area (Å²) in [6, 6.07) is 81.5. The highest BCUT2D eigenvalue weighted by Crippen LogP contribution is 2.45. The van der Waals surface area contributed by atoms with E-state index in [-0.39, 0.29) is 0 Å². The van der Waals surface area contributed by atoms with Gasteiger partial charge < -0.3 is 4.90 Å². The maximum atomic E-state index is 2.42. The molecule has 0 fully saturated rings. The van der Waals surface area contributed by atoms with Crippen LogP contribution in [0.4, 0.5) is 17.1 Å². The van der Waals surface area contributed by atoms with Crippen LogP contribution >= 0.6 is 0 Å². The van der Waals surface area contributed by atoms with Crippen LogP contribution in [0.1, 0.15) is 0 Å². The third kappa shape index (κ3) is 6.02. The van der Waals surface area contributed by atoms with Gasteiger partial charge in [0, 0.05) is 16.9 Å². The van der Waals surface area contributed by atoms with Gasteiger partial charge in [0.1, 0.15) is 0 Å². The van der Waals surface area contributed by atoms with Crippen molar-refractivity contribution in [1.29, 1.82) is 0 Å². The van der Waals surface area contributed by atoms with E-state index in [4.69, 9.17) is 0 Å². The van der Waals surface area contributed by atoms with Crippen molar-refractivity contribution in [2.45, 2.75) is 0 Å². The lowest BCUT2D eigenvalue weighted by Gasteiger charge is -2.29. The number of fused-ring (bicyclic) bond motifs is 4. The van der Waals surface area contributed by atoms with Crippen molar-refractivity contribution >= 4 is 49.4 Å². The summed E-state index contributed by atoms with van der Waals surface area (Å²) >= 11 is 0. The normalized spacial score (nSPS) is 11.3. The van der Waals surface area contributed by atoms with E-state index in [0.717, 1.165) is 17.1 Å². The number of rotatable bonds is 7. The molecule has 0 radical (unpaired) electrons. The van der Waals surface area contributed by atoms with Crippen molar-refractivity contribution in [2.24, 2.45) is 0 Å². The van der Waals surface area contributed by atoms with Gasteiger partial charge >= 0.3 is 0 Å². The molecular weight excluding hydrogens is 663 g/mol. The molecule has 55 heavy (non-hydrogen) atoms. The first-order chi connectivity index (χ1) is 27.3. The number of hydrogen-bond acceptors (Lipinski definition) is 1. The molecule has 10 aromatic rings. The summed E-state index contributed by atoms with van der Waals surface area (Å²) < 4.78 is 0. The van der Waals surface area contributed by atoms with Crippen LogP contribution in [0.3, 0.4) is 0 Å². The highest BCUT2D eigenvalue weighted by atomic mass is 15.1. The van der Waals surface area contributed by atoms with E-state index in [1.165, 1.54) is 76.8 Å². The average Bonchev–Trinajstić information content (AvgIpc) is 3.27. The van der Waals surface area contributed by atoms with Crippen LogP contribution < -0.4 is 4.90 Å². The minimum absolute atomic E-state index is 1.09. The second-order valence-electron chi connectivity index (χ2n) is 14.1. The van der Waals surface area contributed by atoms with Gasteiger partial charge in [-0.1, -0.05) is 188 Å². The summed E-state index contributed by atoms with van der Waals surface area (Å²) in [4.78, 5) is 2.42. The van der Waals surface area contributed by atoms with Crippen LogP contribution in [-0.4, -0.2) is 0 Å². The highest BCUT2D eigenvalue weighted by Gasteiger charge is 2.20. The summed E-state index contributed by atoms with van der Waals surface area (Å²) in [5.74, 6) is 0. The molecule has 0 aromatic heterocycles. The minimum atomic E-state index is 1.09. The first-order valence-electron chi connectivity index (χ1n) is 18.9. The van der Waals surface area contributed by atoms with Crippen molar-refractivity contribution in [3.05, 3.63) is 224 Å². The number of hydrogen-bond donors (Lipinski definition) is 0. The van der Waals surface area contributed by atoms with Crippen molar-refractivity contribution in [3.63, 3.8) is 0 Å². The molecule has 0 aliphatic carbocycles. The predicted molar refractivity (Wildman–Crippen MR) is 235 cm³/mol. The number of anilines is 3. The smallest absolute Gasteiger partial charge is 0.0546 e. The van der Waals surface area contributed by atoms with Crippen molar-refractivity contribution in [2.75, 3.05) is 4.90 Å². The second kappa shape index (κ2) is 14.0. The highest BCUT2D eigenvalue weighted by molar-refractivity contribution is 6.13. The quantitative estimate of drug-likeness (QED) is 0.150. The van der Waals surface area contributed by atoms with Crippen molar-refractivity contribution < 1.29 is 0 Å². The van der Waals surface area contributed by atoms with E-state index in [1.807, 2.05) is 0 Å². The fraction of sp³-hybridized carbons (Fsp3) is 0. The molecule has 0 saturated carbocycles. The second-order valence-corrected chi connectivity index (χ2v) is 14.1. The fourth-order valence-corrected chi connectivity index (χ4v) is 8.17. The SMILES string of the molecule is c1ccc(-c2ccc(N(c3ccc(-c4cc5ccccc5c5ccccc45)cc3)c3cc(-c4cccc5ccccc45)ccc3-c3ccccc3)cc2)cc1. The van der Waals surface area contributed by atoms with E-state index >= 15 is 0 Å². The first kappa shape index (κ1) is 32.4. The van der Waals surface area contributed by atoms with Gasteiger partial charge in [-0.15, -0.1) is 0 Å². The molecule has 258 valence electrons. The molecule has 0 amide bonds. The fourth-order valence-electron chi connectivity index (χ4n) is 8.17. The lowest BCUT2D eigenvalue weighted by molar-refractivity contribution is 1.28. The summed E-state index contributed by atoms with van der Waals surface area (Å²) in [5, 5.41) is 7.54. The monoisotopic (exact) mass is 699 g/mol. The van der Waals surface area contributed by atoms with Gasteiger partial charge in [-0.3, -0.25) is 0 Å². The zero-order chi connectivity index (χ0) is 36.6. The van der Waals surface area contributed by atoms with Gasteiger partial charge in [-0.25, -0.2) is 0 Å². The number of nitrogens with zero attached hydrogens (tertiary/aromatic N) is 1. The Morgan fingerprint density at radius 2 is 0.727 bits per heavy atom. The van der Waals surface area contributed by atoms with Crippen molar-refractivity contribution in [1.82, 2.24) is 0 Å². The van der Waals surface area contributed by atoms with E-state index in [9.17, 15) is 0 Å². The average molecular weight is 700 g/mol. The van der Waals surface area contributed by atoms with Gasteiger partial charge in [0.2, 0.25) is 0 Å². The molecule has 0 N–H and O–H groups in total. The summed E-state index contributed by atoms with van der Waals surface area (Å²) in [6.45, 7) is 0. The van der Waals surface area contributed by atoms with E-state index in [2.05, 4.69) is 229 Å². The molecule has 0 aliphatic rings. The zero-order valence-corrected chi connectivity index (χ0v) is 30.3. The molecule has 0 atom stereocenters. The largest absolute Gasteiger partial charge is 0.310 e. The molecule has 10 aromatic carbocycles. The third-order valence-electron chi connectivity index (χ3n) is 10.9. The third-order valence-corrected chi connectivity index (χ3v) is 10.9. The minimum Gasteiger partial charge on any atom is -0.310 e. The van der Waals surface area contributed by atoms with Gasteiger partial charge in [0.05, 0.1) is 5.69 Å². The Balaban J connectivity index is 1.17. The predicted octanol–water partition coefficient (Wildman–Crippen LogP) is 15.3. The summed E-state index contributed by atoms with van der Waals surface area (Å²) in [7, 11) is 0. The summed E-state index contributed by atoms with van der Waals surface area (Å²) in [5.41, 5.74) is 12.9. The molecule has 0 spiro atoms. The standard InChI is InChI=1S/C54H37N/c1-3-14-38(15-4-1)39-26-31-45(32-27-39)55(46-33-28-42(29-34-46)53-36-43-19-8-10-22-49(43)51-23-11-12-24-52(51)53)54-37-44(30-35-50(54)41-16-5-2-6-17-41)48-25-13-20-40-18-7-9-21-47(40)48/h1-37H. The van der Waals surface area contributed by atoms with Gasteiger partial charge in [0.25, 0.3) is 0 Å². The van der Waals surface area contributed by atoms with Crippen molar-refractivity contribution in [3.8, 4) is 44.5 Å². The number of benzene rings is 10. The van der Waals surface area contributed by atoms with Crippen LogP contribution in [-0.2, 0) is 0 Å². The molecule has 10 rings (SSSR count). The summed E-state index contributed by atoms with van der Waals surface area (Å²) in [6.07, 6.45) is 0. The lowest BCUT2D eigenvalue weighted by Crippen LogP contribution is -2.11. The Morgan fingerprint density at radius 1 is 0.236 bits per heavy atom. The maximum absolute atomic E-state index is 2.42. The van der Waals surface area contributed by atoms with Crippen LogP contribution in [0.25, 0.3) is 76.8 Å². The lowest BCUT2D eigenvalue weighted by atomic mass is 9.93. The molecule has 1 heteroatoms. The van der Waals surface area contributed by atoms with Crippen LogP contribution in [0, 0.1) is 0 Å². The first-order valence-corrected chi connectivity index (χ1v) is 18.9.